The molecule has 0 saturated carbocycles. The molecule has 2 aliphatic heterocycles. The molecule has 5 heteroatoms. The van der Waals surface area contributed by atoms with Crippen LogP contribution in [0.1, 0.15) is 56.9 Å². The summed E-state index contributed by atoms with van der Waals surface area (Å²) in [6, 6.07) is 5.40. The lowest BCUT2D eigenvalue weighted by Crippen LogP contribution is -2.55. The van der Waals surface area contributed by atoms with E-state index in [9.17, 15) is 9.90 Å². The quantitative estimate of drug-likeness (QED) is 0.859. The van der Waals surface area contributed by atoms with Gasteiger partial charge in [-0.25, -0.2) is 0 Å². The van der Waals surface area contributed by atoms with E-state index in [0.29, 0.717) is 31.6 Å². The molecular formula is C19H28N2O3. The van der Waals surface area contributed by atoms with Gasteiger partial charge in [0.1, 0.15) is 5.69 Å². The maximum atomic E-state index is 12.5. The van der Waals surface area contributed by atoms with Crippen molar-refractivity contribution in [1.29, 1.82) is 0 Å². The van der Waals surface area contributed by atoms with Gasteiger partial charge >= 0.3 is 0 Å². The number of piperidine rings is 1. The lowest BCUT2D eigenvalue weighted by Gasteiger charge is -2.50. The van der Waals surface area contributed by atoms with Crippen LogP contribution in [0.15, 0.2) is 24.4 Å². The zero-order chi connectivity index (χ0) is 17.4. The Kier molecular flexibility index (Phi) is 4.67. The van der Waals surface area contributed by atoms with Crippen LogP contribution in [0.3, 0.4) is 0 Å². The summed E-state index contributed by atoms with van der Waals surface area (Å²) in [7, 11) is 0. The summed E-state index contributed by atoms with van der Waals surface area (Å²) in [5.41, 5.74) is 0.205. The monoisotopic (exact) mass is 332 g/mol. The maximum absolute atomic E-state index is 12.5. The Balaban J connectivity index is 1.66. The minimum Gasteiger partial charge on any atom is -0.393 e. The van der Waals surface area contributed by atoms with E-state index in [1.165, 1.54) is 0 Å². The molecule has 1 amide bonds. The minimum atomic E-state index is -0.319. The molecule has 0 aliphatic carbocycles. The standard InChI is InChI=1S/C19H28N2O3/c1-18(2,3)16-12-14(22)13-19(24-16)7-10-21(11-8-19)17(23)15-6-4-5-9-20-15/h4-6,9,14,16,22H,7-8,10-13H2,1-3H3/t14-,16-/m1/s1. The molecule has 2 saturated heterocycles. The molecule has 3 heterocycles. The topological polar surface area (TPSA) is 62.7 Å². The highest BCUT2D eigenvalue weighted by atomic mass is 16.5. The molecule has 1 N–H and O–H groups in total. The van der Waals surface area contributed by atoms with Gasteiger partial charge in [0.15, 0.2) is 0 Å². The predicted molar refractivity (Wildman–Crippen MR) is 91.7 cm³/mol. The van der Waals surface area contributed by atoms with Crippen LogP contribution in [0.4, 0.5) is 0 Å². The normalized spacial score (nSPS) is 27.2. The summed E-state index contributed by atoms with van der Waals surface area (Å²) in [4.78, 5) is 18.5. The van der Waals surface area contributed by atoms with Gasteiger partial charge in [0.05, 0.1) is 17.8 Å². The van der Waals surface area contributed by atoms with E-state index in [4.69, 9.17) is 4.74 Å². The highest BCUT2D eigenvalue weighted by molar-refractivity contribution is 5.92. The van der Waals surface area contributed by atoms with Gasteiger partial charge in [0.2, 0.25) is 0 Å². The lowest BCUT2D eigenvalue weighted by molar-refractivity contribution is -0.205. The molecule has 1 aromatic rings. The summed E-state index contributed by atoms with van der Waals surface area (Å²) >= 11 is 0. The summed E-state index contributed by atoms with van der Waals surface area (Å²) in [5.74, 6) is -0.0193. The third-order valence-corrected chi connectivity index (χ3v) is 5.30. The molecule has 0 bridgehead atoms. The molecule has 2 fully saturated rings. The predicted octanol–water partition coefficient (Wildman–Crippen LogP) is 2.64. The number of likely N-dealkylation sites (tertiary alicyclic amines) is 1. The van der Waals surface area contributed by atoms with Gasteiger partial charge in [-0.15, -0.1) is 0 Å². The van der Waals surface area contributed by atoms with E-state index in [-0.39, 0.29) is 29.1 Å². The fourth-order valence-electron chi connectivity index (χ4n) is 3.78. The van der Waals surface area contributed by atoms with E-state index in [1.807, 2.05) is 17.0 Å². The fraction of sp³-hybridized carbons (Fsp3) is 0.684. The largest absolute Gasteiger partial charge is 0.393 e. The average Bonchev–Trinajstić information content (AvgIpc) is 2.54. The van der Waals surface area contributed by atoms with Gasteiger partial charge in [0.25, 0.3) is 5.91 Å². The number of hydrogen-bond donors (Lipinski definition) is 1. The Labute approximate surface area is 144 Å². The molecule has 24 heavy (non-hydrogen) atoms. The van der Waals surface area contributed by atoms with Crippen molar-refractivity contribution in [3.63, 3.8) is 0 Å². The number of pyridine rings is 1. The Morgan fingerprint density at radius 1 is 1.33 bits per heavy atom. The Morgan fingerprint density at radius 2 is 2.04 bits per heavy atom. The van der Waals surface area contributed by atoms with Crippen LogP contribution < -0.4 is 0 Å². The van der Waals surface area contributed by atoms with Crippen molar-refractivity contribution in [1.82, 2.24) is 9.88 Å². The zero-order valence-corrected chi connectivity index (χ0v) is 14.9. The second-order valence-corrected chi connectivity index (χ2v) is 8.26. The smallest absolute Gasteiger partial charge is 0.272 e. The Morgan fingerprint density at radius 3 is 2.62 bits per heavy atom. The van der Waals surface area contributed by atoms with Crippen molar-refractivity contribution in [2.45, 2.75) is 64.3 Å². The summed E-state index contributed by atoms with van der Waals surface area (Å²) in [6.45, 7) is 7.77. The number of aliphatic hydroxyl groups is 1. The third kappa shape index (κ3) is 3.62. The van der Waals surface area contributed by atoms with E-state index in [1.54, 1.807) is 12.3 Å². The summed E-state index contributed by atoms with van der Waals surface area (Å²) in [6.07, 6.45) is 4.30. The number of rotatable bonds is 1. The van der Waals surface area contributed by atoms with Crippen LogP contribution in [-0.2, 0) is 4.74 Å². The molecule has 1 aromatic heterocycles. The zero-order valence-electron chi connectivity index (χ0n) is 14.9. The van der Waals surface area contributed by atoms with Crippen LogP contribution in [0.5, 0.6) is 0 Å². The molecule has 1 spiro atoms. The van der Waals surface area contributed by atoms with Gasteiger partial charge in [-0.2, -0.15) is 0 Å². The number of carbonyl (C=O) groups excluding carboxylic acids is 1. The van der Waals surface area contributed by atoms with Crippen LogP contribution in [0, 0.1) is 5.41 Å². The molecule has 132 valence electrons. The van der Waals surface area contributed by atoms with Crippen LogP contribution >= 0.6 is 0 Å². The van der Waals surface area contributed by atoms with Crippen molar-refractivity contribution >= 4 is 5.91 Å². The van der Waals surface area contributed by atoms with Gasteiger partial charge < -0.3 is 14.7 Å². The van der Waals surface area contributed by atoms with Crippen molar-refractivity contribution in [3.05, 3.63) is 30.1 Å². The number of nitrogens with zero attached hydrogens (tertiary/aromatic N) is 2. The maximum Gasteiger partial charge on any atom is 0.272 e. The van der Waals surface area contributed by atoms with Crippen LogP contribution in [-0.4, -0.2) is 51.8 Å². The van der Waals surface area contributed by atoms with Crippen molar-refractivity contribution < 1.29 is 14.6 Å². The van der Waals surface area contributed by atoms with Gasteiger partial charge in [0, 0.05) is 32.1 Å². The second kappa shape index (κ2) is 6.45. The first kappa shape index (κ1) is 17.4. The second-order valence-electron chi connectivity index (χ2n) is 8.26. The summed E-state index contributed by atoms with van der Waals surface area (Å²) < 4.78 is 6.47. The van der Waals surface area contributed by atoms with Crippen molar-refractivity contribution in [2.75, 3.05) is 13.1 Å². The molecule has 2 atom stereocenters. The average molecular weight is 332 g/mol. The molecule has 0 radical (unpaired) electrons. The molecule has 0 aromatic carbocycles. The first-order chi connectivity index (χ1) is 11.3. The third-order valence-electron chi connectivity index (χ3n) is 5.30. The molecule has 0 unspecified atom stereocenters. The first-order valence-corrected chi connectivity index (χ1v) is 8.85. The number of ether oxygens (including phenoxy) is 1. The molecule has 5 nitrogen and oxygen atoms in total. The number of amides is 1. The van der Waals surface area contributed by atoms with E-state index in [0.717, 1.165) is 12.8 Å². The Hall–Kier alpha value is -1.46. The van der Waals surface area contributed by atoms with Crippen molar-refractivity contribution in [2.24, 2.45) is 5.41 Å². The van der Waals surface area contributed by atoms with Gasteiger partial charge in [-0.05, 0) is 30.4 Å². The van der Waals surface area contributed by atoms with Gasteiger partial charge in [-0.3, -0.25) is 9.78 Å². The van der Waals surface area contributed by atoms with Gasteiger partial charge in [-0.1, -0.05) is 26.8 Å². The number of hydrogen-bond acceptors (Lipinski definition) is 4. The Bertz CT molecular complexity index is 574. The van der Waals surface area contributed by atoms with E-state index >= 15 is 0 Å². The van der Waals surface area contributed by atoms with Crippen molar-refractivity contribution in [3.8, 4) is 0 Å². The number of aliphatic hydroxyl groups excluding tert-OH is 1. The first-order valence-electron chi connectivity index (χ1n) is 8.85. The number of aromatic nitrogens is 1. The highest BCUT2D eigenvalue weighted by Crippen LogP contribution is 2.42. The van der Waals surface area contributed by atoms with E-state index in [2.05, 4.69) is 25.8 Å². The molecular weight excluding hydrogens is 304 g/mol. The number of carbonyl (C=O) groups is 1. The van der Waals surface area contributed by atoms with Crippen LogP contribution in [0.25, 0.3) is 0 Å². The highest BCUT2D eigenvalue weighted by Gasteiger charge is 2.46. The molecule has 2 aliphatic rings. The lowest BCUT2D eigenvalue weighted by atomic mass is 9.76. The fourth-order valence-corrected chi connectivity index (χ4v) is 3.78. The summed E-state index contributed by atoms with van der Waals surface area (Å²) in [5, 5.41) is 10.3. The minimum absolute atomic E-state index is 0.00924. The van der Waals surface area contributed by atoms with E-state index < -0.39 is 0 Å². The SMILES string of the molecule is CC(C)(C)[C@H]1C[C@@H](O)CC2(CCN(C(=O)c3ccccn3)CC2)O1. The molecule has 3 rings (SSSR count). The van der Waals surface area contributed by atoms with Crippen LogP contribution in [0.2, 0.25) is 0 Å².